The molecule has 2 aromatic rings. The lowest BCUT2D eigenvalue weighted by Gasteiger charge is -2.20. The van der Waals surface area contributed by atoms with Crippen LogP contribution >= 0.6 is 11.6 Å². The largest absolute Gasteiger partial charge is 0.368 e. The number of nitrogens with zero attached hydrogens (tertiary/aromatic N) is 2. The van der Waals surface area contributed by atoms with Gasteiger partial charge in [-0.25, -0.2) is 0 Å². The van der Waals surface area contributed by atoms with E-state index >= 15 is 0 Å². The number of carbonyl (C=O) groups is 1. The molecule has 0 aromatic heterocycles. The maximum atomic E-state index is 12.7. The third-order valence-electron chi connectivity index (χ3n) is 3.66. The first-order valence-electron chi connectivity index (χ1n) is 7.22. The molecular weight excluding hydrogens is 310 g/mol. The van der Waals surface area contributed by atoms with Crippen LogP contribution < -0.4 is 10.2 Å². The van der Waals surface area contributed by atoms with Gasteiger partial charge in [-0.3, -0.25) is 4.79 Å². The molecule has 0 radical (unpaired) electrons. The van der Waals surface area contributed by atoms with Crippen molar-refractivity contribution in [2.75, 3.05) is 18.0 Å². The van der Waals surface area contributed by atoms with Gasteiger partial charge in [0.2, 0.25) is 5.78 Å². The third-order valence-corrected chi connectivity index (χ3v) is 3.99. The van der Waals surface area contributed by atoms with Crippen LogP contribution in [0.2, 0.25) is 5.02 Å². The minimum absolute atomic E-state index is 0.0689. The minimum Gasteiger partial charge on any atom is -0.368 e. The monoisotopic (exact) mass is 323 g/mol. The van der Waals surface area contributed by atoms with E-state index in [9.17, 15) is 10.1 Å². The number of ketones is 1. The van der Waals surface area contributed by atoms with E-state index in [1.54, 1.807) is 24.3 Å². The van der Waals surface area contributed by atoms with Crippen molar-refractivity contribution >= 4 is 23.1 Å². The van der Waals surface area contributed by atoms with Crippen LogP contribution in [0.25, 0.3) is 0 Å². The molecule has 0 spiro atoms. The lowest BCUT2D eigenvalue weighted by Crippen LogP contribution is -2.23. The molecule has 3 rings (SSSR count). The van der Waals surface area contributed by atoms with Gasteiger partial charge < -0.3 is 10.2 Å². The van der Waals surface area contributed by atoms with E-state index in [-0.39, 0.29) is 11.4 Å². The van der Waals surface area contributed by atoms with Crippen LogP contribution in [0.3, 0.4) is 0 Å². The van der Waals surface area contributed by atoms with Crippen LogP contribution in [-0.4, -0.2) is 18.9 Å². The first-order chi connectivity index (χ1) is 11.2. The normalized spacial score (nSPS) is 15.7. The summed E-state index contributed by atoms with van der Waals surface area (Å²) in [5.74, 6) is 0.159. The van der Waals surface area contributed by atoms with Crippen molar-refractivity contribution < 1.29 is 4.79 Å². The number of nitriles is 1. The molecule has 1 aliphatic rings. The molecule has 0 unspecified atom stereocenters. The number of nitrogens with one attached hydrogen (secondary N) is 1. The Hall–Kier alpha value is -2.77. The van der Waals surface area contributed by atoms with Gasteiger partial charge in [0.1, 0.15) is 17.5 Å². The summed E-state index contributed by atoms with van der Waals surface area (Å²) in [5, 5.41) is 13.0. The third kappa shape index (κ3) is 2.92. The highest BCUT2D eigenvalue weighted by atomic mass is 35.5. The Labute approximate surface area is 139 Å². The fraction of sp³-hybridized carbons (Fsp3) is 0.111. The molecule has 0 amide bonds. The second-order valence-electron chi connectivity index (χ2n) is 5.06. The van der Waals surface area contributed by atoms with Gasteiger partial charge in [0.05, 0.1) is 5.02 Å². The Balaban J connectivity index is 2.05. The highest BCUT2D eigenvalue weighted by Gasteiger charge is 2.27. The molecule has 114 valence electrons. The number of hydrogen-bond acceptors (Lipinski definition) is 4. The van der Waals surface area contributed by atoms with E-state index in [1.807, 2.05) is 41.3 Å². The second kappa shape index (κ2) is 6.55. The van der Waals surface area contributed by atoms with E-state index in [2.05, 4.69) is 5.32 Å². The van der Waals surface area contributed by atoms with Crippen molar-refractivity contribution in [1.29, 1.82) is 5.26 Å². The summed E-state index contributed by atoms with van der Waals surface area (Å²) in [6.45, 7) is 1.37. The lowest BCUT2D eigenvalue weighted by atomic mass is 10.0. The first-order valence-corrected chi connectivity index (χ1v) is 7.60. The molecule has 1 aliphatic heterocycles. The Bertz CT molecular complexity index is 809. The second-order valence-corrected chi connectivity index (χ2v) is 5.47. The van der Waals surface area contributed by atoms with Gasteiger partial charge in [0.25, 0.3) is 0 Å². The molecular formula is C18H14ClN3O. The van der Waals surface area contributed by atoms with Gasteiger partial charge >= 0.3 is 0 Å². The summed E-state index contributed by atoms with van der Waals surface area (Å²) in [7, 11) is 0. The lowest BCUT2D eigenvalue weighted by molar-refractivity contribution is 0.103. The van der Waals surface area contributed by atoms with Gasteiger partial charge in [-0.1, -0.05) is 41.9 Å². The van der Waals surface area contributed by atoms with E-state index in [4.69, 9.17) is 11.6 Å². The first kappa shape index (κ1) is 15.1. The van der Waals surface area contributed by atoms with E-state index in [0.29, 0.717) is 29.5 Å². The zero-order valence-corrected chi connectivity index (χ0v) is 13.0. The Morgan fingerprint density at radius 1 is 1.13 bits per heavy atom. The van der Waals surface area contributed by atoms with Crippen molar-refractivity contribution in [3.05, 3.63) is 76.6 Å². The summed E-state index contributed by atoms with van der Waals surface area (Å²) in [6, 6.07) is 18.5. The average Bonchev–Trinajstić information content (AvgIpc) is 3.06. The maximum absolute atomic E-state index is 12.7. The molecule has 0 bridgehead atoms. The fourth-order valence-electron chi connectivity index (χ4n) is 2.57. The van der Waals surface area contributed by atoms with Crippen LogP contribution in [0, 0.1) is 11.3 Å². The minimum atomic E-state index is -0.372. The number of carbonyl (C=O) groups excluding carboxylic acids is 1. The molecule has 1 fully saturated rings. The van der Waals surface area contributed by atoms with Gasteiger partial charge in [-0.2, -0.15) is 5.26 Å². The molecule has 1 saturated heterocycles. The number of benzene rings is 2. The molecule has 1 N–H and O–H groups in total. The summed E-state index contributed by atoms with van der Waals surface area (Å²) in [5.41, 5.74) is 1.34. The Kier molecular flexibility index (Phi) is 4.31. The number of halogens is 1. The number of Topliss-reactive ketones (excluding diaryl/α,β-unsaturated/α-hetero) is 1. The fourth-order valence-corrected chi connectivity index (χ4v) is 2.80. The standard InChI is InChI=1S/C18H14ClN3O/c19-16-9-5-4-8-14(16)17(23)15(12-20)18-21-10-11-22(18)13-6-2-1-3-7-13/h1-9,21H,10-11H2/b18-15-. The van der Waals surface area contributed by atoms with Gasteiger partial charge in [-0.15, -0.1) is 0 Å². The average molecular weight is 324 g/mol. The quantitative estimate of drug-likeness (QED) is 0.534. The SMILES string of the molecule is N#C/C(C(=O)c1ccccc1Cl)=C1\NCCN1c1ccccc1. The van der Waals surface area contributed by atoms with Crippen molar-refractivity contribution in [3.8, 4) is 6.07 Å². The molecule has 0 atom stereocenters. The summed E-state index contributed by atoms with van der Waals surface area (Å²) in [6.07, 6.45) is 0. The smallest absolute Gasteiger partial charge is 0.208 e. The van der Waals surface area contributed by atoms with Crippen LogP contribution in [0.15, 0.2) is 66.0 Å². The number of rotatable bonds is 3. The predicted molar refractivity (Wildman–Crippen MR) is 90.2 cm³/mol. The van der Waals surface area contributed by atoms with Crippen molar-refractivity contribution in [3.63, 3.8) is 0 Å². The predicted octanol–water partition coefficient (Wildman–Crippen LogP) is 3.37. The van der Waals surface area contributed by atoms with E-state index < -0.39 is 0 Å². The van der Waals surface area contributed by atoms with E-state index in [0.717, 1.165) is 5.69 Å². The van der Waals surface area contributed by atoms with E-state index in [1.165, 1.54) is 0 Å². The van der Waals surface area contributed by atoms with Crippen LogP contribution in [-0.2, 0) is 0 Å². The molecule has 2 aromatic carbocycles. The topological polar surface area (TPSA) is 56.1 Å². The van der Waals surface area contributed by atoms with Gasteiger partial charge in [0.15, 0.2) is 0 Å². The van der Waals surface area contributed by atoms with Crippen LogP contribution in [0.1, 0.15) is 10.4 Å². The Morgan fingerprint density at radius 3 is 2.52 bits per heavy atom. The highest BCUT2D eigenvalue weighted by molar-refractivity contribution is 6.35. The molecule has 4 nitrogen and oxygen atoms in total. The molecule has 0 saturated carbocycles. The summed E-state index contributed by atoms with van der Waals surface area (Å²) >= 11 is 6.09. The molecule has 23 heavy (non-hydrogen) atoms. The summed E-state index contributed by atoms with van der Waals surface area (Å²) in [4.78, 5) is 14.7. The van der Waals surface area contributed by atoms with Crippen LogP contribution in [0.4, 0.5) is 5.69 Å². The van der Waals surface area contributed by atoms with Crippen molar-refractivity contribution in [1.82, 2.24) is 5.32 Å². The maximum Gasteiger partial charge on any atom is 0.208 e. The number of allylic oxidation sites excluding steroid dienone is 1. The highest BCUT2D eigenvalue weighted by Crippen LogP contribution is 2.25. The molecule has 1 heterocycles. The van der Waals surface area contributed by atoms with Crippen LogP contribution in [0.5, 0.6) is 0 Å². The zero-order valence-electron chi connectivity index (χ0n) is 12.3. The molecule has 5 heteroatoms. The zero-order chi connectivity index (χ0) is 16.2. The van der Waals surface area contributed by atoms with Crippen molar-refractivity contribution in [2.24, 2.45) is 0 Å². The number of para-hydroxylation sites is 1. The molecule has 0 aliphatic carbocycles. The summed E-state index contributed by atoms with van der Waals surface area (Å²) < 4.78 is 0. The Morgan fingerprint density at radius 2 is 1.83 bits per heavy atom. The number of anilines is 1. The van der Waals surface area contributed by atoms with Gasteiger partial charge in [-0.05, 0) is 24.3 Å². The van der Waals surface area contributed by atoms with Gasteiger partial charge in [0, 0.05) is 24.3 Å². The van der Waals surface area contributed by atoms with Crippen molar-refractivity contribution in [2.45, 2.75) is 0 Å². The number of hydrogen-bond donors (Lipinski definition) is 1.